The number of likely N-dealkylation sites (N-methyl/N-ethyl adjacent to an activating group) is 1. The minimum atomic E-state index is 0.559. The van der Waals surface area contributed by atoms with Gasteiger partial charge in [0.15, 0.2) is 0 Å². The van der Waals surface area contributed by atoms with Gasteiger partial charge in [-0.3, -0.25) is 0 Å². The van der Waals surface area contributed by atoms with Crippen molar-refractivity contribution in [1.29, 1.82) is 0 Å². The zero-order valence-corrected chi connectivity index (χ0v) is 12.7. The van der Waals surface area contributed by atoms with Crippen LogP contribution in [0, 0.1) is 0 Å². The molecule has 1 N–H and O–H groups in total. The van der Waals surface area contributed by atoms with Crippen LogP contribution in [0.4, 0.5) is 5.69 Å². The van der Waals surface area contributed by atoms with Gasteiger partial charge in [0.05, 0.1) is 0 Å². The van der Waals surface area contributed by atoms with Crippen molar-refractivity contribution in [3.63, 3.8) is 0 Å². The third-order valence-electron chi connectivity index (χ3n) is 3.74. The molecule has 0 aliphatic carbocycles. The van der Waals surface area contributed by atoms with Gasteiger partial charge in [0, 0.05) is 37.9 Å². The topological polar surface area (TPSA) is 18.5 Å². The Morgan fingerprint density at radius 2 is 2.05 bits per heavy atom. The highest BCUT2D eigenvalue weighted by molar-refractivity contribution is 5.55. The maximum Gasteiger partial charge on any atom is 0.0402 e. The van der Waals surface area contributed by atoms with Crippen molar-refractivity contribution in [1.82, 2.24) is 10.2 Å². The highest BCUT2D eigenvalue weighted by atomic mass is 15.2. The predicted molar refractivity (Wildman–Crippen MR) is 83.1 cm³/mol. The van der Waals surface area contributed by atoms with E-state index in [2.05, 4.69) is 67.3 Å². The highest BCUT2D eigenvalue weighted by Gasteiger charge is 2.21. The molecule has 1 unspecified atom stereocenters. The molecule has 106 valence electrons. The molecule has 1 aliphatic heterocycles. The van der Waals surface area contributed by atoms with Gasteiger partial charge in [0.1, 0.15) is 0 Å². The van der Waals surface area contributed by atoms with Crippen LogP contribution in [0.2, 0.25) is 0 Å². The van der Waals surface area contributed by atoms with Crippen LogP contribution in [-0.4, -0.2) is 51.2 Å². The third-order valence-corrected chi connectivity index (χ3v) is 3.74. The summed E-state index contributed by atoms with van der Waals surface area (Å²) in [5, 5.41) is 3.62. The minimum absolute atomic E-state index is 0.559. The third kappa shape index (κ3) is 3.71. The SMILES string of the molecule is CC(C)c1ccccc1N1CCNC(CN(C)C)C1. The molecular formula is C16H27N3. The summed E-state index contributed by atoms with van der Waals surface area (Å²) in [5.41, 5.74) is 2.88. The van der Waals surface area contributed by atoms with Crippen molar-refractivity contribution in [2.45, 2.75) is 25.8 Å². The quantitative estimate of drug-likeness (QED) is 0.896. The van der Waals surface area contributed by atoms with Gasteiger partial charge < -0.3 is 15.1 Å². The molecule has 0 spiro atoms. The molecule has 1 aromatic rings. The van der Waals surface area contributed by atoms with Gasteiger partial charge in [-0.1, -0.05) is 32.0 Å². The second kappa shape index (κ2) is 6.40. The van der Waals surface area contributed by atoms with Crippen LogP contribution in [0.1, 0.15) is 25.3 Å². The number of anilines is 1. The van der Waals surface area contributed by atoms with E-state index in [1.807, 2.05) is 0 Å². The summed E-state index contributed by atoms with van der Waals surface area (Å²) >= 11 is 0. The van der Waals surface area contributed by atoms with Crippen LogP contribution in [0.15, 0.2) is 24.3 Å². The first kappa shape index (κ1) is 14.4. The van der Waals surface area contributed by atoms with Gasteiger partial charge in [0.25, 0.3) is 0 Å². The fraction of sp³-hybridized carbons (Fsp3) is 0.625. The Morgan fingerprint density at radius 1 is 1.32 bits per heavy atom. The molecule has 1 fully saturated rings. The molecule has 3 heteroatoms. The van der Waals surface area contributed by atoms with Crippen LogP contribution >= 0.6 is 0 Å². The standard InChI is InChI=1S/C16H27N3/c1-13(2)15-7-5-6-8-16(15)19-10-9-17-14(12-19)11-18(3)4/h5-8,13-14,17H,9-12H2,1-4H3. The fourth-order valence-corrected chi connectivity index (χ4v) is 2.87. The smallest absolute Gasteiger partial charge is 0.0402 e. The Kier molecular flexibility index (Phi) is 4.83. The van der Waals surface area contributed by atoms with Crippen molar-refractivity contribution in [2.75, 3.05) is 45.2 Å². The van der Waals surface area contributed by atoms with Crippen molar-refractivity contribution in [2.24, 2.45) is 0 Å². The maximum atomic E-state index is 3.62. The lowest BCUT2D eigenvalue weighted by Gasteiger charge is -2.37. The molecule has 0 amide bonds. The highest BCUT2D eigenvalue weighted by Crippen LogP contribution is 2.27. The molecule has 0 saturated carbocycles. The molecule has 0 aromatic heterocycles. The first-order valence-electron chi connectivity index (χ1n) is 7.30. The molecule has 2 rings (SSSR count). The molecule has 1 heterocycles. The molecular weight excluding hydrogens is 234 g/mol. The Balaban J connectivity index is 2.13. The molecule has 1 saturated heterocycles. The van der Waals surface area contributed by atoms with E-state index in [4.69, 9.17) is 0 Å². The molecule has 1 aromatic carbocycles. The molecule has 0 bridgehead atoms. The van der Waals surface area contributed by atoms with Gasteiger partial charge in [-0.15, -0.1) is 0 Å². The average molecular weight is 261 g/mol. The summed E-state index contributed by atoms with van der Waals surface area (Å²) < 4.78 is 0. The summed E-state index contributed by atoms with van der Waals surface area (Å²) in [7, 11) is 4.28. The van der Waals surface area contributed by atoms with Crippen LogP contribution in [0.3, 0.4) is 0 Å². The minimum Gasteiger partial charge on any atom is -0.368 e. The first-order chi connectivity index (χ1) is 9.08. The van der Waals surface area contributed by atoms with Crippen LogP contribution in [0.5, 0.6) is 0 Å². The zero-order valence-electron chi connectivity index (χ0n) is 12.7. The number of nitrogens with one attached hydrogen (secondary N) is 1. The van der Waals surface area contributed by atoms with E-state index < -0.39 is 0 Å². The summed E-state index contributed by atoms with van der Waals surface area (Å²) in [6.45, 7) is 8.93. The van der Waals surface area contributed by atoms with Gasteiger partial charge in [-0.25, -0.2) is 0 Å². The lowest BCUT2D eigenvalue weighted by Crippen LogP contribution is -2.54. The van der Waals surface area contributed by atoms with E-state index in [1.54, 1.807) is 0 Å². The number of hydrogen-bond acceptors (Lipinski definition) is 3. The van der Waals surface area contributed by atoms with Crippen LogP contribution in [0.25, 0.3) is 0 Å². The van der Waals surface area contributed by atoms with Gasteiger partial charge in [-0.2, -0.15) is 0 Å². The zero-order chi connectivity index (χ0) is 13.8. The van der Waals surface area contributed by atoms with Gasteiger partial charge in [0.2, 0.25) is 0 Å². The van der Waals surface area contributed by atoms with Gasteiger partial charge in [-0.05, 0) is 31.6 Å². The van der Waals surface area contributed by atoms with Crippen molar-refractivity contribution >= 4 is 5.69 Å². The first-order valence-corrected chi connectivity index (χ1v) is 7.30. The van der Waals surface area contributed by atoms with Crippen LogP contribution in [-0.2, 0) is 0 Å². The second-order valence-corrected chi connectivity index (χ2v) is 6.07. The van der Waals surface area contributed by atoms with E-state index >= 15 is 0 Å². The van der Waals surface area contributed by atoms with Crippen molar-refractivity contribution < 1.29 is 0 Å². The average Bonchev–Trinajstić information content (AvgIpc) is 2.38. The number of hydrogen-bond donors (Lipinski definition) is 1. The largest absolute Gasteiger partial charge is 0.368 e. The summed E-state index contributed by atoms with van der Waals surface area (Å²) in [5.74, 6) is 0.582. The van der Waals surface area contributed by atoms with Crippen molar-refractivity contribution in [3.8, 4) is 0 Å². The molecule has 19 heavy (non-hydrogen) atoms. The van der Waals surface area contributed by atoms with Crippen molar-refractivity contribution in [3.05, 3.63) is 29.8 Å². The summed E-state index contributed by atoms with van der Waals surface area (Å²) in [4.78, 5) is 4.80. The fourth-order valence-electron chi connectivity index (χ4n) is 2.87. The number of piperazine rings is 1. The van der Waals surface area contributed by atoms with E-state index in [0.717, 1.165) is 26.2 Å². The molecule has 3 nitrogen and oxygen atoms in total. The van der Waals surface area contributed by atoms with Crippen LogP contribution < -0.4 is 10.2 Å². The molecule has 1 aliphatic rings. The Labute approximate surface area is 117 Å². The van der Waals surface area contributed by atoms with E-state index in [1.165, 1.54) is 11.3 Å². The monoisotopic (exact) mass is 261 g/mol. The van der Waals surface area contributed by atoms with Gasteiger partial charge >= 0.3 is 0 Å². The van der Waals surface area contributed by atoms with E-state index in [9.17, 15) is 0 Å². The lowest BCUT2D eigenvalue weighted by atomic mass is 9.99. The maximum absolute atomic E-state index is 3.62. The second-order valence-electron chi connectivity index (χ2n) is 6.07. The predicted octanol–water partition coefficient (Wildman–Crippen LogP) is 2.15. The Morgan fingerprint density at radius 3 is 2.74 bits per heavy atom. The molecule has 0 radical (unpaired) electrons. The number of benzene rings is 1. The summed E-state index contributed by atoms with van der Waals surface area (Å²) in [6, 6.07) is 9.41. The Bertz CT molecular complexity index is 401. The lowest BCUT2D eigenvalue weighted by molar-refractivity contribution is 0.323. The normalized spacial score (nSPS) is 20.3. The van der Waals surface area contributed by atoms with E-state index in [0.29, 0.717) is 12.0 Å². The Hall–Kier alpha value is -1.06. The number of rotatable bonds is 4. The molecule has 1 atom stereocenters. The van der Waals surface area contributed by atoms with E-state index in [-0.39, 0.29) is 0 Å². The number of nitrogens with zero attached hydrogens (tertiary/aromatic N) is 2. The number of para-hydroxylation sites is 1. The summed E-state index contributed by atoms with van der Waals surface area (Å²) in [6.07, 6.45) is 0.